The number of nitrogens with zero attached hydrogens (tertiary/aromatic N) is 2. The number of rotatable bonds is 7. The first-order chi connectivity index (χ1) is 16.4. The van der Waals surface area contributed by atoms with E-state index in [1.165, 1.54) is 16.4 Å². The molecule has 10 heteroatoms. The van der Waals surface area contributed by atoms with Crippen molar-refractivity contribution in [3.63, 3.8) is 0 Å². The predicted molar refractivity (Wildman–Crippen MR) is 126 cm³/mol. The lowest BCUT2D eigenvalue weighted by Crippen LogP contribution is -2.48. The molecule has 34 heavy (non-hydrogen) atoms. The quantitative estimate of drug-likeness (QED) is 0.603. The molecule has 2 fully saturated rings. The van der Waals surface area contributed by atoms with E-state index in [9.17, 15) is 22.8 Å². The Balaban J connectivity index is 1.37. The molecule has 2 amide bonds. The first-order valence-corrected chi connectivity index (χ1v) is 12.7. The van der Waals surface area contributed by atoms with Gasteiger partial charge < -0.3 is 15.0 Å². The molecule has 0 radical (unpaired) electrons. The van der Waals surface area contributed by atoms with Crippen LogP contribution in [0, 0.1) is 0 Å². The lowest BCUT2D eigenvalue weighted by atomic mass is 10.1. The summed E-state index contributed by atoms with van der Waals surface area (Å²) in [5.41, 5.74) is 1.17. The van der Waals surface area contributed by atoms with Crippen molar-refractivity contribution in [3.8, 4) is 0 Å². The highest BCUT2D eigenvalue weighted by Gasteiger charge is 2.38. The van der Waals surface area contributed by atoms with Crippen LogP contribution in [0.3, 0.4) is 0 Å². The van der Waals surface area contributed by atoms with E-state index in [1.54, 1.807) is 47.4 Å². The van der Waals surface area contributed by atoms with Gasteiger partial charge in [-0.25, -0.2) is 8.42 Å². The van der Waals surface area contributed by atoms with E-state index in [0.29, 0.717) is 43.6 Å². The van der Waals surface area contributed by atoms with Crippen LogP contribution in [-0.4, -0.2) is 56.2 Å². The van der Waals surface area contributed by atoms with Crippen LogP contribution in [0.2, 0.25) is 0 Å². The molecular weight excluding hydrogens is 458 g/mol. The summed E-state index contributed by atoms with van der Waals surface area (Å²) in [7, 11) is -3.86. The van der Waals surface area contributed by atoms with Crippen LogP contribution in [0.15, 0.2) is 59.5 Å². The fraction of sp³-hybridized carbons (Fsp3) is 0.375. The van der Waals surface area contributed by atoms with E-state index in [0.717, 1.165) is 6.42 Å². The minimum atomic E-state index is -3.86. The number of benzene rings is 2. The summed E-state index contributed by atoms with van der Waals surface area (Å²) >= 11 is 0. The van der Waals surface area contributed by atoms with Crippen LogP contribution in [0.4, 0.5) is 11.4 Å². The highest BCUT2D eigenvalue weighted by atomic mass is 32.2. The maximum Gasteiger partial charge on any atom is 0.324 e. The zero-order valence-electron chi connectivity index (χ0n) is 18.7. The number of amides is 2. The second kappa shape index (κ2) is 10.4. The van der Waals surface area contributed by atoms with E-state index < -0.39 is 34.5 Å². The molecule has 2 aliphatic heterocycles. The molecule has 2 saturated heterocycles. The van der Waals surface area contributed by atoms with E-state index in [4.69, 9.17) is 4.74 Å². The molecule has 0 aliphatic carbocycles. The molecule has 4 rings (SSSR count). The lowest BCUT2D eigenvalue weighted by molar-refractivity contribution is -0.152. The lowest BCUT2D eigenvalue weighted by Gasteiger charge is -2.32. The normalized spacial score (nSPS) is 19.1. The number of hydrogen-bond donors (Lipinski definition) is 1. The summed E-state index contributed by atoms with van der Waals surface area (Å²) in [5.74, 6) is -1.25. The fourth-order valence-electron chi connectivity index (χ4n) is 4.26. The number of hydrogen-bond acceptors (Lipinski definition) is 6. The Hall–Kier alpha value is -3.24. The van der Waals surface area contributed by atoms with Crippen LogP contribution in [0.5, 0.6) is 0 Å². The summed E-state index contributed by atoms with van der Waals surface area (Å²) in [6, 6.07) is 13.9. The van der Waals surface area contributed by atoms with E-state index in [2.05, 4.69) is 5.32 Å². The first kappa shape index (κ1) is 23.9. The summed E-state index contributed by atoms with van der Waals surface area (Å²) < 4.78 is 32.5. The Morgan fingerprint density at radius 1 is 1.00 bits per heavy atom. The van der Waals surface area contributed by atoms with Crippen LogP contribution >= 0.6 is 0 Å². The van der Waals surface area contributed by atoms with Crippen molar-refractivity contribution in [2.75, 3.05) is 29.9 Å². The highest BCUT2D eigenvalue weighted by Crippen LogP contribution is 2.27. The third-order valence-electron chi connectivity index (χ3n) is 5.94. The van der Waals surface area contributed by atoms with Gasteiger partial charge in [-0.15, -0.1) is 0 Å². The van der Waals surface area contributed by atoms with E-state index in [-0.39, 0.29) is 17.3 Å². The second-order valence-electron chi connectivity index (χ2n) is 8.30. The van der Waals surface area contributed by atoms with Gasteiger partial charge in [0.05, 0.1) is 4.90 Å². The topological polar surface area (TPSA) is 113 Å². The maximum absolute atomic E-state index is 13.1. The SMILES string of the molecule is O=C(COC(=O)C1CCCCN1S(=O)(=O)c1ccccc1)Nc1cccc(N2CCCC2=O)c1. The van der Waals surface area contributed by atoms with Crippen LogP contribution in [-0.2, 0) is 29.1 Å². The molecule has 2 aromatic rings. The van der Waals surface area contributed by atoms with Crippen molar-refractivity contribution >= 4 is 39.2 Å². The Morgan fingerprint density at radius 2 is 1.79 bits per heavy atom. The number of anilines is 2. The smallest absolute Gasteiger partial charge is 0.324 e. The number of ether oxygens (including phenoxy) is 1. The molecule has 1 atom stereocenters. The third-order valence-corrected chi connectivity index (χ3v) is 7.86. The van der Waals surface area contributed by atoms with Crippen molar-refractivity contribution in [3.05, 3.63) is 54.6 Å². The Bertz CT molecular complexity index is 1170. The summed E-state index contributed by atoms with van der Waals surface area (Å²) in [6.07, 6.45) is 2.97. The molecule has 0 spiro atoms. The van der Waals surface area contributed by atoms with Crippen LogP contribution in [0.25, 0.3) is 0 Å². The number of carbonyl (C=O) groups excluding carboxylic acids is 3. The molecule has 2 aromatic carbocycles. The van der Waals surface area contributed by atoms with E-state index in [1.807, 2.05) is 0 Å². The summed E-state index contributed by atoms with van der Waals surface area (Å²) in [4.78, 5) is 38.9. The standard InChI is InChI=1S/C24H27N3O6S/c28-22(25-18-8-6-9-19(16-18)26-14-7-13-23(26)29)17-33-24(30)21-12-4-5-15-27(21)34(31,32)20-10-2-1-3-11-20/h1-3,6,8-11,16,21H,4-5,7,12-15,17H2,(H,25,28). The number of esters is 1. The molecule has 0 aromatic heterocycles. The van der Waals surface area contributed by atoms with Crippen LogP contribution in [0.1, 0.15) is 32.1 Å². The van der Waals surface area contributed by atoms with Crippen LogP contribution < -0.4 is 10.2 Å². The Morgan fingerprint density at radius 3 is 2.53 bits per heavy atom. The van der Waals surface area contributed by atoms with Gasteiger partial charge in [-0.3, -0.25) is 14.4 Å². The predicted octanol–water partition coefficient (Wildman–Crippen LogP) is 2.54. The maximum atomic E-state index is 13.1. The van der Waals surface area contributed by atoms with Gasteiger partial charge in [0.15, 0.2) is 6.61 Å². The zero-order valence-corrected chi connectivity index (χ0v) is 19.5. The Kier molecular flexibility index (Phi) is 7.28. The molecule has 0 bridgehead atoms. The molecular formula is C24H27N3O6S. The first-order valence-electron chi connectivity index (χ1n) is 11.3. The largest absolute Gasteiger partial charge is 0.454 e. The van der Waals surface area contributed by atoms with Gasteiger partial charge in [0.2, 0.25) is 15.9 Å². The average Bonchev–Trinajstić information content (AvgIpc) is 3.29. The van der Waals surface area contributed by atoms with Gasteiger partial charge in [-0.05, 0) is 56.0 Å². The fourth-order valence-corrected chi connectivity index (χ4v) is 5.93. The van der Waals surface area contributed by atoms with Crippen molar-refractivity contribution in [1.82, 2.24) is 4.31 Å². The van der Waals surface area contributed by atoms with E-state index >= 15 is 0 Å². The van der Waals surface area contributed by atoms with Gasteiger partial charge in [-0.1, -0.05) is 24.3 Å². The number of nitrogens with one attached hydrogen (secondary N) is 1. The molecule has 1 unspecified atom stereocenters. The van der Waals surface area contributed by atoms with Gasteiger partial charge in [0.25, 0.3) is 5.91 Å². The molecule has 9 nitrogen and oxygen atoms in total. The summed E-state index contributed by atoms with van der Waals surface area (Å²) in [5, 5.41) is 2.66. The minimum absolute atomic E-state index is 0.0416. The average molecular weight is 486 g/mol. The summed E-state index contributed by atoms with van der Waals surface area (Å²) in [6.45, 7) is 0.310. The van der Waals surface area contributed by atoms with Gasteiger partial charge in [0.1, 0.15) is 6.04 Å². The molecule has 2 heterocycles. The van der Waals surface area contributed by atoms with Gasteiger partial charge in [0, 0.05) is 30.9 Å². The van der Waals surface area contributed by atoms with Crippen molar-refractivity contribution < 1.29 is 27.5 Å². The number of carbonyl (C=O) groups is 3. The number of sulfonamides is 1. The van der Waals surface area contributed by atoms with Crippen molar-refractivity contribution in [1.29, 1.82) is 0 Å². The third kappa shape index (κ3) is 5.28. The molecule has 180 valence electrons. The zero-order chi connectivity index (χ0) is 24.1. The molecule has 0 saturated carbocycles. The van der Waals surface area contributed by atoms with Crippen molar-refractivity contribution in [2.24, 2.45) is 0 Å². The molecule has 1 N–H and O–H groups in total. The highest BCUT2D eigenvalue weighted by molar-refractivity contribution is 7.89. The minimum Gasteiger partial charge on any atom is -0.454 e. The monoisotopic (exact) mass is 485 g/mol. The van der Waals surface area contributed by atoms with Gasteiger partial charge in [-0.2, -0.15) is 4.31 Å². The second-order valence-corrected chi connectivity index (χ2v) is 10.2. The van der Waals surface area contributed by atoms with Crippen molar-refractivity contribution in [2.45, 2.75) is 43.0 Å². The van der Waals surface area contributed by atoms with Gasteiger partial charge >= 0.3 is 5.97 Å². The Labute approximate surface area is 198 Å². The number of piperidine rings is 1. The molecule has 2 aliphatic rings.